The monoisotopic (exact) mass is 418 g/mol. The minimum Gasteiger partial charge on any atom is -0.464 e. The van der Waals surface area contributed by atoms with E-state index in [1.54, 1.807) is 21.3 Å². The first-order valence-corrected chi connectivity index (χ1v) is 10.6. The van der Waals surface area contributed by atoms with Crippen LogP contribution in [0.25, 0.3) is 0 Å². The minimum absolute atomic E-state index is 0.127. The van der Waals surface area contributed by atoms with E-state index in [-0.39, 0.29) is 18.3 Å². The van der Waals surface area contributed by atoms with Crippen LogP contribution in [0.4, 0.5) is 4.79 Å². The zero-order valence-corrected chi connectivity index (χ0v) is 17.9. The second-order valence-corrected chi connectivity index (χ2v) is 8.85. The SMILES string of the molecule is COC(=O)c1nnn2c1CN(C(=O)OC(C)(C)C)[C@H](CSCc1ccccc1)C2. The molecule has 1 amide bonds. The number of esters is 1. The van der Waals surface area contributed by atoms with E-state index in [4.69, 9.17) is 9.47 Å². The molecule has 8 nitrogen and oxygen atoms in total. The van der Waals surface area contributed by atoms with Gasteiger partial charge in [0.05, 0.1) is 31.9 Å². The molecule has 1 aliphatic heterocycles. The normalized spacial score (nSPS) is 16.3. The van der Waals surface area contributed by atoms with Gasteiger partial charge in [-0.05, 0) is 26.3 Å². The Hall–Kier alpha value is -2.55. The van der Waals surface area contributed by atoms with Crippen molar-refractivity contribution in [3.63, 3.8) is 0 Å². The maximum Gasteiger partial charge on any atom is 0.410 e. The standard InChI is InChI=1S/C20H26N4O4S/c1-20(2,3)28-19(26)23-11-16-17(18(25)27-4)21-22-24(16)10-15(23)13-29-12-14-8-6-5-7-9-14/h5-9,15H,10-13H2,1-4H3/t15-/m0/s1. The lowest BCUT2D eigenvalue weighted by atomic mass is 10.1. The summed E-state index contributed by atoms with van der Waals surface area (Å²) in [6, 6.07) is 10.1. The number of hydrogen-bond donors (Lipinski definition) is 0. The lowest BCUT2D eigenvalue weighted by Crippen LogP contribution is -2.49. The number of carbonyl (C=O) groups excluding carboxylic acids is 2. The number of aromatic nitrogens is 3. The molecular formula is C20H26N4O4S. The second-order valence-electron chi connectivity index (χ2n) is 7.82. The predicted molar refractivity (Wildman–Crippen MR) is 110 cm³/mol. The van der Waals surface area contributed by atoms with Gasteiger partial charge in [-0.3, -0.25) is 4.90 Å². The van der Waals surface area contributed by atoms with Crippen molar-refractivity contribution < 1.29 is 19.1 Å². The summed E-state index contributed by atoms with van der Waals surface area (Å²) in [5.74, 6) is 0.991. The summed E-state index contributed by atoms with van der Waals surface area (Å²) in [4.78, 5) is 26.5. The molecule has 0 N–H and O–H groups in total. The topological polar surface area (TPSA) is 86.5 Å². The summed E-state index contributed by atoms with van der Waals surface area (Å²) in [5.41, 5.74) is 1.31. The minimum atomic E-state index is -0.611. The van der Waals surface area contributed by atoms with Crippen LogP contribution in [0.3, 0.4) is 0 Å². The Morgan fingerprint density at radius 3 is 2.62 bits per heavy atom. The smallest absolute Gasteiger partial charge is 0.410 e. The van der Waals surface area contributed by atoms with Crippen LogP contribution >= 0.6 is 11.8 Å². The van der Waals surface area contributed by atoms with Gasteiger partial charge >= 0.3 is 12.1 Å². The number of ether oxygens (including phenoxy) is 2. The van der Waals surface area contributed by atoms with Crippen molar-refractivity contribution in [3.05, 3.63) is 47.3 Å². The Kier molecular flexibility index (Phi) is 6.46. The Morgan fingerprint density at radius 2 is 1.97 bits per heavy atom. The van der Waals surface area contributed by atoms with Gasteiger partial charge in [0.1, 0.15) is 5.60 Å². The lowest BCUT2D eigenvalue weighted by molar-refractivity contribution is 0.00927. The Bertz CT molecular complexity index is 863. The third-order valence-corrected chi connectivity index (χ3v) is 5.57. The third-order valence-electron chi connectivity index (χ3n) is 4.41. The number of carbonyl (C=O) groups is 2. The van der Waals surface area contributed by atoms with Gasteiger partial charge in [0.25, 0.3) is 0 Å². The number of thioether (sulfide) groups is 1. The molecule has 3 rings (SSSR count). The molecule has 0 bridgehead atoms. The number of benzene rings is 1. The molecule has 0 radical (unpaired) electrons. The van der Waals surface area contributed by atoms with Crippen LogP contribution in [0.2, 0.25) is 0 Å². The number of fused-ring (bicyclic) bond motifs is 1. The van der Waals surface area contributed by atoms with Crippen LogP contribution in [0, 0.1) is 0 Å². The second kappa shape index (κ2) is 8.86. The number of amides is 1. The molecular weight excluding hydrogens is 392 g/mol. The summed E-state index contributed by atoms with van der Waals surface area (Å²) >= 11 is 1.74. The lowest BCUT2D eigenvalue weighted by Gasteiger charge is -2.36. The fourth-order valence-electron chi connectivity index (χ4n) is 3.04. The average Bonchev–Trinajstić information content (AvgIpc) is 3.09. The highest BCUT2D eigenvalue weighted by molar-refractivity contribution is 7.98. The number of methoxy groups -OCH3 is 1. The van der Waals surface area contributed by atoms with E-state index in [0.29, 0.717) is 18.0 Å². The summed E-state index contributed by atoms with van der Waals surface area (Å²) in [7, 11) is 1.30. The van der Waals surface area contributed by atoms with Gasteiger partial charge < -0.3 is 9.47 Å². The highest BCUT2D eigenvalue weighted by Gasteiger charge is 2.36. The van der Waals surface area contributed by atoms with Crippen molar-refractivity contribution in [1.29, 1.82) is 0 Å². The summed E-state index contributed by atoms with van der Waals surface area (Å²) < 4.78 is 12.1. The molecule has 1 aromatic heterocycles. The zero-order chi connectivity index (χ0) is 21.0. The highest BCUT2D eigenvalue weighted by Crippen LogP contribution is 2.25. The molecule has 9 heteroatoms. The quantitative estimate of drug-likeness (QED) is 0.690. The van der Waals surface area contributed by atoms with E-state index in [2.05, 4.69) is 22.4 Å². The Balaban J connectivity index is 1.77. The largest absolute Gasteiger partial charge is 0.464 e. The van der Waals surface area contributed by atoms with Crippen LogP contribution < -0.4 is 0 Å². The molecule has 0 spiro atoms. The van der Waals surface area contributed by atoms with Gasteiger partial charge in [-0.15, -0.1) is 5.10 Å². The van der Waals surface area contributed by atoms with Gasteiger partial charge in [0.15, 0.2) is 5.69 Å². The zero-order valence-electron chi connectivity index (χ0n) is 17.1. The maximum absolute atomic E-state index is 12.9. The van der Waals surface area contributed by atoms with Crippen LogP contribution in [0.15, 0.2) is 30.3 Å². The predicted octanol–water partition coefficient (Wildman–Crippen LogP) is 3.12. The molecule has 0 fully saturated rings. The van der Waals surface area contributed by atoms with Gasteiger partial charge in [-0.25, -0.2) is 14.3 Å². The molecule has 0 saturated heterocycles. The van der Waals surface area contributed by atoms with Crippen molar-refractivity contribution in [2.45, 2.75) is 51.3 Å². The van der Waals surface area contributed by atoms with Crippen molar-refractivity contribution in [2.24, 2.45) is 0 Å². The van der Waals surface area contributed by atoms with Gasteiger partial charge in [0.2, 0.25) is 0 Å². The van der Waals surface area contributed by atoms with Crippen LogP contribution in [0.1, 0.15) is 42.5 Å². The summed E-state index contributed by atoms with van der Waals surface area (Å²) in [6.07, 6.45) is -0.411. The van der Waals surface area contributed by atoms with Gasteiger partial charge in [-0.2, -0.15) is 11.8 Å². The first-order valence-electron chi connectivity index (χ1n) is 9.40. The first-order chi connectivity index (χ1) is 13.8. The molecule has 1 atom stereocenters. The number of hydrogen-bond acceptors (Lipinski definition) is 7. The molecule has 2 heterocycles. The fraction of sp³-hybridized carbons (Fsp3) is 0.500. The van der Waals surface area contributed by atoms with E-state index in [1.807, 2.05) is 39.0 Å². The van der Waals surface area contributed by atoms with Crippen LogP contribution in [-0.2, 0) is 28.3 Å². The number of nitrogens with zero attached hydrogens (tertiary/aromatic N) is 4. The molecule has 0 saturated carbocycles. The third kappa shape index (κ3) is 5.29. The average molecular weight is 419 g/mol. The van der Waals surface area contributed by atoms with Crippen LogP contribution in [0.5, 0.6) is 0 Å². The molecule has 1 aliphatic rings. The highest BCUT2D eigenvalue weighted by atomic mass is 32.2. The van der Waals surface area contributed by atoms with Crippen molar-refractivity contribution in [2.75, 3.05) is 12.9 Å². The molecule has 2 aromatic rings. The van der Waals surface area contributed by atoms with Gasteiger partial charge in [-0.1, -0.05) is 35.5 Å². The van der Waals surface area contributed by atoms with Crippen LogP contribution in [-0.4, -0.2) is 56.5 Å². The molecule has 29 heavy (non-hydrogen) atoms. The maximum atomic E-state index is 12.9. The number of rotatable bonds is 5. The van der Waals surface area contributed by atoms with Crippen molar-refractivity contribution in [3.8, 4) is 0 Å². The van der Waals surface area contributed by atoms with E-state index in [9.17, 15) is 9.59 Å². The molecule has 156 valence electrons. The Morgan fingerprint density at radius 1 is 1.24 bits per heavy atom. The van der Waals surface area contributed by atoms with E-state index in [0.717, 1.165) is 5.75 Å². The first kappa shape index (κ1) is 21.2. The van der Waals surface area contributed by atoms with Gasteiger partial charge in [0, 0.05) is 11.5 Å². The Labute approximate surface area is 174 Å². The van der Waals surface area contributed by atoms with E-state index >= 15 is 0 Å². The summed E-state index contributed by atoms with van der Waals surface area (Å²) in [5, 5.41) is 8.04. The fourth-order valence-corrected chi connectivity index (χ4v) is 4.15. The van der Waals surface area contributed by atoms with E-state index < -0.39 is 17.7 Å². The molecule has 0 unspecified atom stereocenters. The van der Waals surface area contributed by atoms with Crippen molar-refractivity contribution >= 4 is 23.8 Å². The van der Waals surface area contributed by atoms with Crippen molar-refractivity contribution in [1.82, 2.24) is 19.9 Å². The summed E-state index contributed by atoms with van der Waals surface area (Å²) in [6.45, 7) is 6.14. The van der Waals surface area contributed by atoms with E-state index in [1.165, 1.54) is 12.7 Å². The molecule has 0 aliphatic carbocycles. The molecule has 1 aromatic carbocycles.